The fourth-order valence-corrected chi connectivity index (χ4v) is 6.26. The summed E-state index contributed by atoms with van der Waals surface area (Å²) >= 11 is 0. The Labute approximate surface area is 137 Å². The molecule has 128 valence electrons. The van der Waals surface area contributed by atoms with Crippen molar-refractivity contribution in [3.63, 3.8) is 0 Å². The van der Waals surface area contributed by atoms with Crippen molar-refractivity contribution in [2.45, 2.75) is 57.8 Å². The van der Waals surface area contributed by atoms with Gasteiger partial charge in [0.15, 0.2) is 0 Å². The van der Waals surface area contributed by atoms with Gasteiger partial charge in [0.1, 0.15) is 6.17 Å². The van der Waals surface area contributed by atoms with Crippen molar-refractivity contribution in [2.75, 3.05) is 0 Å². The topological polar surface area (TPSA) is 66.5 Å². The average molecular weight is 321 g/mol. The van der Waals surface area contributed by atoms with Crippen molar-refractivity contribution in [3.8, 4) is 0 Å². The molecule has 0 saturated heterocycles. The zero-order valence-corrected chi connectivity index (χ0v) is 14.0. The maximum atomic E-state index is 14.4. The van der Waals surface area contributed by atoms with Crippen molar-refractivity contribution in [2.24, 2.45) is 40.2 Å². The summed E-state index contributed by atoms with van der Waals surface area (Å²) in [6.07, 6.45) is 7.60. The van der Waals surface area contributed by atoms with Crippen LogP contribution < -0.4 is 5.73 Å². The first-order valence-electron chi connectivity index (χ1n) is 8.95. The molecule has 2 fully saturated rings. The van der Waals surface area contributed by atoms with Crippen LogP contribution in [0.5, 0.6) is 0 Å². The van der Waals surface area contributed by atoms with Gasteiger partial charge in [0.05, 0.1) is 11.9 Å². The third-order valence-electron chi connectivity index (χ3n) is 7.82. The zero-order valence-electron chi connectivity index (χ0n) is 14.0. The Bertz CT molecular complexity index is 576. The van der Waals surface area contributed by atoms with E-state index in [1.165, 1.54) is 0 Å². The van der Waals surface area contributed by atoms with Crippen LogP contribution in [-0.4, -0.2) is 28.5 Å². The number of halogens is 1. The number of aliphatic hydroxyl groups is 2. The molecule has 4 heteroatoms. The molecule has 4 aliphatic carbocycles. The lowest BCUT2D eigenvalue weighted by atomic mass is 9.48. The molecule has 0 bridgehead atoms. The summed E-state index contributed by atoms with van der Waals surface area (Å²) in [5.41, 5.74) is 5.92. The fourth-order valence-electron chi connectivity index (χ4n) is 6.26. The van der Waals surface area contributed by atoms with Crippen LogP contribution in [0.3, 0.4) is 0 Å². The first kappa shape index (κ1) is 15.6. The van der Waals surface area contributed by atoms with Gasteiger partial charge in [0.2, 0.25) is 0 Å². The smallest absolute Gasteiger partial charge is 0.116 e. The first-order valence-corrected chi connectivity index (χ1v) is 8.95. The number of nitrogens with two attached hydrogens (primary N) is 1. The minimum atomic E-state index is -0.967. The molecule has 0 radical (unpaired) electrons. The molecule has 0 aromatic carbocycles. The Morgan fingerprint density at radius 1 is 1.26 bits per heavy atom. The molecule has 0 aromatic heterocycles. The highest BCUT2D eigenvalue weighted by atomic mass is 19.1. The quantitative estimate of drug-likeness (QED) is 0.601. The first-order chi connectivity index (χ1) is 10.8. The maximum absolute atomic E-state index is 14.4. The van der Waals surface area contributed by atoms with Crippen LogP contribution in [-0.2, 0) is 0 Å². The van der Waals surface area contributed by atoms with Crippen LogP contribution >= 0.6 is 0 Å². The van der Waals surface area contributed by atoms with Gasteiger partial charge in [0, 0.05) is 12.0 Å². The highest BCUT2D eigenvalue weighted by Crippen LogP contribution is 2.64. The van der Waals surface area contributed by atoms with Crippen LogP contribution in [0.25, 0.3) is 0 Å². The van der Waals surface area contributed by atoms with E-state index in [-0.39, 0.29) is 28.6 Å². The standard InChI is InChI=1S/C19H28FNO2/c1-18-5-3-11(22)7-10(18)8-15(23)16-12(18)4-6-19(2)13(16)9-14(20)17(19)21/h3,5,8,10-14,16-17,22-23H,4,6-7,9,21H2,1-2H3/t10-,11-,12-,13-,14+,16+,17-,18-,19-/m0/s1. The SMILES string of the molecule is C[C@]12C=C[C@H](O)C[C@H]1C=C(O)[C@@H]1[C@@H]2CC[C@]2(C)[C@@H](N)[C@H](F)C[C@@H]12. The van der Waals surface area contributed by atoms with Gasteiger partial charge in [-0.2, -0.15) is 0 Å². The summed E-state index contributed by atoms with van der Waals surface area (Å²) in [5, 5.41) is 20.7. The van der Waals surface area contributed by atoms with Gasteiger partial charge in [-0.3, -0.25) is 0 Å². The molecule has 0 aliphatic heterocycles. The fraction of sp³-hybridized carbons (Fsp3) is 0.789. The van der Waals surface area contributed by atoms with Gasteiger partial charge in [0.25, 0.3) is 0 Å². The molecule has 9 atom stereocenters. The van der Waals surface area contributed by atoms with E-state index in [0.29, 0.717) is 24.5 Å². The van der Waals surface area contributed by atoms with E-state index in [4.69, 9.17) is 5.73 Å². The molecule has 0 spiro atoms. The van der Waals surface area contributed by atoms with Gasteiger partial charge < -0.3 is 15.9 Å². The highest BCUT2D eigenvalue weighted by molar-refractivity contribution is 5.27. The summed E-state index contributed by atoms with van der Waals surface area (Å²) < 4.78 is 14.4. The van der Waals surface area contributed by atoms with E-state index in [0.717, 1.165) is 12.8 Å². The lowest BCUT2D eigenvalue weighted by Crippen LogP contribution is -2.54. The summed E-state index contributed by atoms with van der Waals surface area (Å²) in [6, 6.07) is -0.421. The molecule has 3 nitrogen and oxygen atoms in total. The molecule has 4 rings (SSSR count). The second kappa shape index (κ2) is 4.82. The summed E-state index contributed by atoms with van der Waals surface area (Å²) in [6.45, 7) is 4.35. The normalized spacial score (nSPS) is 58.1. The van der Waals surface area contributed by atoms with Gasteiger partial charge in [-0.15, -0.1) is 0 Å². The Balaban J connectivity index is 1.76. The Kier molecular flexibility index (Phi) is 3.28. The van der Waals surface area contributed by atoms with Crippen LogP contribution in [0.15, 0.2) is 24.0 Å². The minimum absolute atomic E-state index is 0.00157. The third-order valence-corrected chi connectivity index (χ3v) is 7.82. The Morgan fingerprint density at radius 3 is 2.74 bits per heavy atom. The van der Waals surface area contributed by atoms with Gasteiger partial charge in [-0.1, -0.05) is 26.0 Å². The van der Waals surface area contributed by atoms with Crippen molar-refractivity contribution in [1.82, 2.24) is 0 Å². The molecule has 0 amide bonds. The van der Waals surface area contributed by atoms with Crippen LogP contribution in [0, 0.1) is 34.5 Å². The predicted molar refractivity (Wildman–Crippen MR) is 87.4 cm³/mol. The second-order valence-electron chi connectivity index (χ2n) is 8.79. The molecule has 0 aromatic rings. The van der Waals surface area contributed by atoms with E-state index < -0.39 is 18.3 Å². The lowest BCUT2D eigenvalue weighted by Gasteiger charge is -2.57. The maximum Gasteiger partial charge on any atom is 0.116 e. The number of hydrogen-bond acceptors (Lipinski definition) is 3. The second-order valence-corrected chi connectivity index (χ2v) is 8.79. The van der Waals surface area contributed by atoms with Crippen molar-refractivity contribution >= 4 is 0 Å². The molecule has 23 heavy (non-hydrogen) atoms. The third kappa shape index (κ3) is 1.94. The average Bonchev–Trinajstić information content (AvgIpc) is 2.73. The number of alkyl halides is 1. The lowest BCUT2D eigenvalue weighted by molar-refractivity contribution is -0.0469. The largest absolute Gasteiger partial charge is 0.512 e. The van der Waals surface area contributed by atoms with E-state index in [2.05, 4.69) is 19.9 Å². The number of rotatable bonds is 0. The monoisotopic (exact) mass is 321 g/mol. The van der Waals surface area contributed by atoms with Crippen LogP contribution in [0.4, 0.5) is 4.39 Å². The van der Waals surface area contributed by atoms with Crippen LogP contribution in [0.2, 0.25) is 0 Å². The summed E-state index contributed by atoms with van der Waals surface area (Å²) in [5.74, 6) is 0.987. The predicted octanol–water partition coefficient (Wildman–Crippen LogP) is 3.10. The molecular formula is C19H28FNO2. The molecule has 4 N–H and O–H groups in total. The van der Waals surface area contributed by atoms with E-state index >= 15 is 0 Å². The van der Waals surface area contributed by atoms with Gasteiger partial charge >= 0.3 is 0 Å². The molecule has 2 saturated carbocycles. The summed E-state index contributed by atoms with van der Waals surface area (Å²) in [7, 11) is 0. The van der Waals surface area contributed by atoms with Crippen LogP contribution in [0.1, 0.15) is 39.5 Å². The highest BCUT2D eigenvalue weighted by Gasteiger charge is 2.62. The zero-order chi connectivity index (χ0) is 16.6. The number of aliphatic hydroxyl groups excluding tert-OH is 2. The number of fused-ring (bicyclic) bond motifs is 5. The van der Waals surface area contributed by atoms with Crippen molar-refractivity contribution < 1.29 is 14.6 Å². The van der Waals surface area contributed by atoms with Crippen molar-refractivity contribution in [1.29, 1.82) is 0 Å². The molecule has 4 aliphatic rings. The van der Waals surface area contributed by atoms with E-state index in [1.807, 2.05) is 12.2 Å². The van der Waals surface area contributed by atoms with Gasteiger partial charge in [-0.05, 0) is 60.3 Å². The van der Waals surface area contributed by atoms with E-state index in [1.54, 1.807) is 0 Å². The van der Waals surface area contributed by atoms with E-state index in [9.17, 15) is 14.6 Å². The number of allylic oxidation sites excluding steroid dienone is 3. The molecular weight excluding hydrogens is 293 g/mol. The minimum Gasteiger partial charge on any atom is -0.512 e. The Hall–Kier alpha value is -0.870. The molecule has 0 heterocycles. The Morgan fingerprint density at radius 2 is 2.00 bits per heavy atom. The number of hydrogen-bond donors (Lipinski definition) is 3. The van der Waals surface area contributed by atoms with Crippen molar-refractivity contribution in [3.05, 3.63) is 24.0 Å². The summed E-state index contributed by atoms with van der Waals surface area (Å²) in [4.78, 5) is 0. The van der Waals surface area contributed by atoms with Gasteiger partial charge in [-0.25, -0.2) is 4.39 Å². The molecule has 0 unspecified atom stereocenters.